The summed E-state index contributed by atoms with van der Waals surface area (Å²) in [6.07, 6.45) is 1.73. The maximum Gasteiger partial charge on any atom is 0.387 e. The highest BCUT2D eigenvalue weighted by Gasteiger charge is 2.22. The first-order valence-corrected chi connectivity index (χ1v) is 11.7. The number of ether oxygens (including phenoxy) is 1. The summed E-state index contributed by atoms with van der Waals surface area (Å²) in [4.78, 5) is 24.9. The van der Waals surface area contributed by atoms with Gasteiger partial charge >= 0.3 is 6.61 Å². The van der Waals surface area contributed by atoms with Gasteiger partial charge in [0.15, 0.2) is 5.75 Å². The van der Waals surface area contributed by atoms with Crippen molar-refractivity contribution in [3.05, 3.63) is 53.7 Å². The molecule has 0 unspecified atom stereocenters. The number of rotatable bonds is 5. The van der Waals surface area contributed by atoms with E-state index in [0.29, 0.717) is 48.6 Å². The minimum absolute atomic E-state index is 0.0143. The zero-order valence-corrected chi connectivity index (χ0v) is 20.3. The molecule has 1 aliphatic heterocycles. The second-order valence-corrected chi connectivity index (χ2v) is 8.83. The Balaban J connectivity index is 1.50. The number of amides is 1. The van der Waals surface area contributed by atoms with Crippen LogP contribution in [-0.4, -0.2) is 63.8 Å². The van der Waals surface area contributed by atoms with Crippen molar-refractivity contribution in [2.24, 2.45) is 0 Å². The van der Waals surface area contributed by atoms with E-state index in [1.54, 1.807) is 13.1 Å². The molecule has 0 spiro atoms. The van der Waals surface area contributed by atoms with Crippen LogP contribution < -0.4 is 9.64 Å². The molecular formula is C26H26F2N6O2. The Kier molecular flexibility index (Phi) is 6.26. The highest BCUT2D eigenvalue weighted by molar-refractivity contribution is 5.93. The predicted octanol–water partition coefficient (Wildman–Crippen LogP) is 4.57. The van der Waals surface area contributed by atoms with E-state index in [2.05, 4.69) is 20.1 Å². The van der Waals surface area contributed by atoms with Crippen molar-refractivity contribution in [1.29, 1.82) is 0 Å². The van der Waals surface area contributed by atoms with E-state index >= 15 is 0 Å². The predicted molar refractivity (Wildman–Crippen MR) is 133 cm³/mol. The number of anilines is 1. The summed E-state index contributed by atoms with van der Waals surface area (Å²) in [5.74, 6) is 0.885. The lowest BCUT2D eigenvalue weighted by Gasteiger charge is -2.34. The molecule has 0 saturated carbocycles. The number of aromatic amines is 1. The lowest BCUT2D eigenvalue weighted by atomic mass is 9.99. The number of carbonyl (C=O) groups excluding carboxylic acids is 1. The number of halogens is 2. The van der Waals surface area contributed by atoms with Gasteiger partial charge in [-0.1, -0.05) is 18.2 Å². The topological polar surface area (TPSA) is 87.2 Å². The number of pyridine rings is 2. The third-order valence-corrected chi connectivity index (χ3v) is 6.65. The summed E-state index contributed by atoms with van der Waals surface area (Å²) in [5, 5.41) is 7.29. The van der Waals surface area contributed by atoms with Gasteiger partial charge in [-0.2, -0.15) is 13.9 Å². The molecule has 10 heteroatoms. The van der Waals surface area contributed by atoms with Crippen LogP contribution in [0.25, 0.3) is 33.5 Å². The summed E-state index contributed by atoms with van der Waals surface area (Å²) in [6, 6.07) is 11.0. The van der Waals surface area contributed by atoms with Crippen molar-refractivity contribution in [2.75, 3.05) is 31.1 Å². The zero-order chi connectivity index (χ0) is 25.4. The Bertz CT molecular complexity index is 1410. The molecule has 1 fully saturated rings. The number of H-pyrrole nitrogens is 1. The molecule has 8 nitrogen and oxygen atoms in total. The summed E-state index contributed by atoms with van der Waals surface area (Å²) >= 11 is 0. The Labute approximate surface area is 206 Å². The molecule has 1 aromatic carbocycles. The van der Waals surface area contributed by atoms with Crippen molar-refractivity contribution < 1.29 is 18.3 Å². The third-order valence-electron chi connectivity index (χ3n) is 6.65. The van der Waals surface area contributed by atoms with Gasteiger partial charge in [-0.3, -0.25) is 9.89 Å². The van der Waals surface area contributed by atoms with Crippen molar-refractivity contribution in [2.45, 2.75) is 27.4 Å². The maximum atomic E-state index is 13.2. The van der Waals surface area contributed by atoms with Gasteiger partial charge < -0.3 is 14.5 Å². The smallest absolute Gasteiger partial charge is 0.387 e. The van der Waals surface area contributed by atoms with Crippen molar-refractivity contribution in [1.82, 2.24) is 25.1 Å². The second kappa shape index (κ2) is 9.52. The number of aryl methyl sites for hydroxylation is 1. The van der Waals surface area contributed by atoms with E-state index in [-0.39, 0.29) is 11.7 Å². The molecular weight excluding hydrogens is 466 g/mol. The van der Waals surface area contributed by atoms with Crippen LogP contribution in [0.15, 0.2) is 42.6 Å². The van der Waals surface area contributed by atoms with Crippen LogP contribution in [0.1, 0.15) is 18.1 Å². The molecule has 1 amide bonds. The number of hydrogen-bond acceptors (Lipinski definition) is 6. The van der Waals surface area contributed by atoms with Crippen LogP contribution in [-0.2, 0) is 4.79 Å². The second-order valence-electron chi connectivity index (χ2n) is 8.83. The summed E-state index contributed by atoms with van der Waals surface area (Å²) in [6.45, 7) is 5.24. The number of nitrogens with zero attached hydrogens (tertiary/aromatic N) is 5. The molecule has 1 aliphatic rings. The molecule has 1 N–H and O–H groups in total. The standard InChI is InChI=1S/C26H26F2N6O2/c1-15-5-4-6-19(16(15)2)24-21(36-26(27)28)13-20-25(30-24)23(32-31-20)18-7-8-22(29-14-18)34-11-9-33(10-12-34)17(3)35/h4-8,13-14,26H,9-12H2,1-3H3,(H,31,32). The summed E-state index contributed by atoms with van der Waals surface area (Å²) < 4.78 is 31.3. The van der Waals surface area contributed by atoms with Crippen LogP contribution >= 0.6 is 0 Å². The molecule has 36 heavy (non-hydrogen) atoms. The third kappa shape index (κ3) is 4.46. The lowest BCUT2D eigenvalue weighted by Crippen LogP contribution is -2.48. The quantitative estimate of drug-likeness (QED) is 0.439. The molecule has 0 atom stereocenters. The van der Waals surface area contributed by atoms with Gasteiger partial charge in [0.25, 0.3) is 0 Å². The van der Waals surface area contributed by atoms with Crippen LogP contribution in [0, 0.1) is 13.8 Å². The molecule has 3 aromatic heterocycles. The molecule has 5 rings (SSSR count). The van der Waals surface area contributed by atoms with Gasteiger partial charge in [0, 0.05) is 56.5 Å². The Morgan fingerprint density at radius 2 is 1.86 bits per heavy atom. The van der Waals surface area contributed by atoms with Crippen molar-refractivity contribution in [3.8, 4) is 28.3 Å². The van der Waals surface area contributed by atoms with Crippen molar-refractivity contribution >= 4 is 22.8 Å². The highest BCUT2D eigenvalue weighted by Crippen LogP contribution is 2.37. The van der Waals surface area contributed by atoms with Crippen LogP contribution in [0.4, 0.5) is 14.6 Å². The van der Waals surface area contributed by atoms with Gasteiger partial charge in [-0.15, -0.1) is 0 Å². The SMILES string of the molecule is CC(=O)N1CCN(c2ccc(-c3n[nH]c4cc(OC(F)F)c(-c5cccc(C)c5C)nc34)cn2)CC1. The molecule has 0 aliphatic carbocycles. The molecule has 186 valence electrons. The number of benzene rings is 1. The fourth-order valence-electron chi connectivity index (χ4n) is 4.48. The van der Waals surface area contributed by atoms with Gasteiger partial charge in [0.1, 0.15) is 22.7 Å². The van der Waals surface area contributed by atoms with Crippen LogP contribution in [0.5, 0.6) is 5.75 Å². The van der Waals surface area contributed by atoms with E-state index in [0.717, 1.165) is 28.1 Å². The monoisotopic (exact) mass is 492 g/mol. The average Bonchev–Trinajstić information content (AvgIpc) is 3.28. The molecule has 4 heterocycles. The number of alkyl halides is 2. The highest BCUT2D eigenvalue weighted by atomic mass is 19.3. The number of nitrogens with one attached hydrogen (secondary N) is 1. The maximum absolute atomic E-state index is 13.2. The van der Waals surface area contributed by atoms with Gasteiger partial charge in [0.2, 0.25) is 5.91 Å². The summed E-state index contributed by atoms with van der Waals surface area (Å²) in [5.41, 5.74) is 5.35. The minimum Gasteiger partial charge on any atom is -0.432 e. The molecule has 0 bridgehead atoms. The zero-order valence-electron chi connectivity index (χ0n) is 20.3. The van der Waals surface area contributed by atoms with Gasteiger partial charge in [-0.05, 0) is 37.1 Å². The number of carbonyl (C=O) groups is 1. The fourth-order valence-corrected chi connectivity index (χ4v) is 4.48. The molecule has 0 radical (unpaired) electrons. The number of hydrogen-bond donors (Lipinski definition) is 1. The Hall–Kier alpha value is -4.08. The first-order chi connectivity index (χ1) is 17.3. The first kappa shape index (κ1) is 23.7. The number of fused-ring (bicyclic) bond motifs is 1. The summed E-state index contributed by atoms with van der Waals surface area (Å²) in [7, 11) is 0. The normalized spacial score (nSPS) is 14.1. The fraction of sp³-hybridized carbons (Fsp3) is 0.308. The number of aromatic nitrogens is 4. The molecule has 1 saturated heterocycles. The average molecular weight is 493 g/mol. The minimum atomic E-state index is -2.98. The largest absolute Gasteiger partial charge is 0.432 e. The van der Waals surface area contributed by atoms with Crippen molar-refractivity contribution in [3.63, 3.8) is 0 Å². The Morgan fingerprint density at radius 1 is 1.08 bits per heavy atom. The van der Waals surface area contributed by atoms with Gasteiger partial charge in [0.05, 0.1) is 5.52 Å². The lowest BCUT2D eigenvalue weighted by molar-refractivity contribution is -0.129. The van der Waals surface area contributed by atoms with Crippen LogP contribution in [0.2, 0.25) is 0 Å². The molecule has 4 aromatic rings. The van der Waals surface area contributed by atoms with E-state index < -0.39 is 6.61 Å². The Morgan fingerprint density at radius 3 is 2.53 bits per heavy atom. The number of piperazine rings is 1. The van der Waals surface area contributed by atoms with E-state index in [4.69, 9.17) is 9.72 Å². The van der Waals surface area contributed by atoms with E-state index in [9.17, 15) is 13.6 Å². The van der Waals surface area contributed by atoms with E-state index in [1.807, 2.05) is 49.1 Å². The van der Waals surface area contributed by atoms with Crippen LogP contribution in [0.3, 0.4) is 0 Å². The van der Waals surface area contributed by atoms with Gasteiger partial charge in [-0.25, -0.2) is 9.97 Å². The van der Waals surface area contributed by atoms with E-state index in [1.165, 1.54) is 6.07 Å². The first-order valence-electron chi connectivity index (χ1n) is 11.7.